The Hall–Kier alpha value is -2.20. The molecule has 15 heavy (non-hydrogen) atoms. The van der Waals surface area contributed by atoms with Crippen LogP contribution in [0, 0.1) is 0 Å². The number of carboxylic acid groups (broad SMARTS) is 1. The van der Waals surface area contributed by atoms with Gasteiger partial charge in [0.15, 0.2) is 0 Å². The molecule has 0 amide bonds. The van der Waals surface area contributed by atoms with Gasteiger partial charge in [-0.1, -0.05) is 5.11 Å². The van der Waals surface area contributed by atoms with E-state index in [1.165, 1.54) is 18.2 Å². The largest absolute Gasteiger partial charge is 0.493 e. The average Bonchev–Trinajstić information content (AvgIpc) is 2.21. The number of nitrogens with zero attached hydrogens (tertiary/aromatic N) is 3. The summed E-state index contributed by atoms with van der Waals surface area (Å²) in [4.78, 5) is 13.3. The Morgan fingerprint density at radius 2 is 2.40 bits per heavy atom. The van der Waals surface area contributed by atoms with Gasteiger partial charge in [-0.15, -0.1) is 0 Å². The lowest BCUT2D eigenvalue weighted by atomic mass is 10.2. The van der Waals surface area contributed by atoms with Crippen LogP contribution in [-0.2, 0) is 0 Å². The van der Waals surface area contributed by atoms with Crippen LogP contribution in [0.4, 0.5) is 5.69 Å². The van der Waals surface area contributed by atoms with Gasteiger partial charge in [0, 0.05) is 4.91 Å². The van der Waals surface area contributed by atoms with Crippen molar-refractivity contribution in [2.45, 2.75) is 6.92 Å². The van der Waals surface area contributed by atoms with Crippen molar-refractivity contribution in [3.63, 3.8) is 0 Å². The van der Waals surface area contributed by atoms with E-state index >= 15 is 0 Å². The summed E-state index contributed by atoms with van der Waals surface area (Å²) in [5.74, 6) is -0.701. The lowest BCUT2D eigenvalue weighted by molar-refractivity contribution is 0.0697. The summed E-state index contributed by atoms with van der Waals surface area (Å²) in [6.07, 6.45) is 0. The second-order valence-electron chi connectivity index (χ2n) is 2.61. The highest BCUT2D eigenvalue weighted by Crippen LogP contribution is 2.28. The molecule has 0 fully saturated rings. The van der Waals surface area contributed by atoms with E-state index < -0.39 is 5.97 Å². The van der Waals surface area contributed by atoms with Gasteiger partial charge in [0.2, 0.25) is 0 Å². The van der Waals surface area contributed by atoms with Crippen molar-refractivity contribution in [1.29, 1.82) is 0 Å². The van der Waals surface area contributed by atoms with Crippen molar-refractivity contribution in [2.24, 2.45) is 5.11 Å². The number of carboxylic acids is 1. The van der Waals surface area contributed by atoms with Crippen LogP contribution >= 0.6 is 0 Å². The third kappa shape index (κ3) is 2.62. The molecule has 0 spiro atoms. The van der Waals surface area contributed by atoms with Crippen LogP contribution in [0.5, 0.6) is 5.75 Å². The molecule has 0 saturated carbocycles. The molecule has 0 saturated heterocycles. The molecule has 1 aromatic rings. The molecule has 0 radical (unpaired) electrons. The van der Waals surface area contributed by atoms with Gasteiger partial charge in [-0.3, -0.25) is 0 Å². The third-order valence-electron chi connectivity index (χ3n) is 1.66. The van der Waals surface area contributed by atoms with Gasteiger partial charge in [0.05, 0.1) is 17.9 Å². The van der Waals surface area contributed by atoms with Gasteiger partial charge in [0.1, 0.15) is 5.75 Å². The maximum absolute atomic E-state index is 10.7. The number of hydrogen-bond donors (Lipinski definition) is 1. The minimum atomic E-state index is -1.08. The molecule has 1 aromatic carbocycles. The van der Waals surface area contributed by atoms with Crippen LogP contribution in [0.2, 0.25) is 0 Å². The maximum Gasteiger partial charge on any atom is 0.335 e. The smallest absolute Gasteiger partial charge is 0.335 e. The molecule has 0 aliphatic carbocycles. The van der Waals surface area contributed by atoms with Crippen molar-refractivity contribution < 1.29 is 14.6 Å². The summed E-state index contributed by atoms with van der Waals surface area (Å²) in [7, 11) is 0. The number of ether oxygens (including phenoxy) is 1. The zero-order chi connectivity index (χ0) is 11.3. The normalized spacial score (nSPS) is 9.13. The molecule has 0 bridgehead atoms. The second kappa shape index (κ2) is 4.88. The minimum Gasteiger partial charge on any atom is -0.493 e. The zero-order valence-electron chi connectivity index (χ0n) is 8.04. The Labute approximate surface area is 85.7 Å². The van der Waals surface area contributed by atoms with Crippen molar-refractivity contribution in [3.8, 4) is 5.75 Å². The second-order valence-corrected chi connectivity index (χ2v) is 2.61. The van der Waals surface area contributed by atoms with E-state index in [1.54, 1.807) is 6.92 Å². The number of carbonyl (C=O) groups is 1. The van der Waals surface area contributed by atoms with E-state index in [0.717, 1.165) is 0 Å². The molecular formula is C9H9N3O3. The quantitative estimate of drug-likeness (QED) is 0.467. The number of aromatic carboxylic acids is 1. The fraction of sp³-hybridized carbons (Fsp3) is 0.222. The van der Waals surface area contributed by atoms with E-state index in [-0.39, 0.29) is 11.3 Å². The van der Waals surface area contributed by atoms with Gasteiger partial charge < -0.3 is 9.84 Å². The average molecular weight is 207 g/mol. The standard InChI is InChI=1S/C9H9N3O3/c1-2-15-8-4-3-6(9(13)14)5-7(8)11-12-10/h3-5H,2H2,1H3,(H,13,14). The number of azide groups is 1. The van der Waals surface area contributed by atoms with Crippen molar-refractivity contribution in [3.05, 3.63) is 34.2 Å². The Balaban J connectivity index is 3.19. The van der Waals surface area contributed by atoms with E-state index in [9.17, 15) is 4.79 Å². The molecule has 6 nitrogen and oxygen atoms in total. The molecule has 0 heterocycles. The van der Waals surface area contributed by atoms with Crippen LogP contribution in [0.15, 0.2) is 23.3 Å². The summed E-state index contributed by atoms with van der Waals surface area (Å²) in [5, 5.41) is 12.1. The van der Waals surface area contributed by atoms with Crippen molar-refractivity contribution >= 4 is 11.7 Å². The monoisotopic (exact) mass is 207 g/mol. The third-order valence-corrected chi connectivity index (χ3v) is 1.66. The molecule has 1 rings (SSSR count). The van der Waals surface area contributed by atoms with E-state index in [2.05, 4.69) is 10.0 Å². The van der Waals surface area contributed by atoms with Gasteiger partial charge in [-0.2, -0.15) is 0 Å². The van der Waals surface area contributed by atoms with Gasteiger partial charge in [-0.05, 0) is 30.7 Å². The van der Waals surface area contributed by atoms with E-state index in [0.29, 0.717) is 12.4 Å². The summed E-state index contributed by atoms with van der Waals surface area (Å²) in [6, 6.07) is 4.13. The van der Waals surface area contributed by atoms with Crippen molar-refractivity contribution in [1.82, 2.24) is 0 Å². The first-order valence-corrected chi connectivity index (χ1v) is 4.24. The topological polar surface area (TPSA) is 95.3 Å². The first-order chi connectivity index (χ1) is 7.19. The molecule has 0 aliphatic rings. The summed E-state index contributed by atoms with van der Waals surface area (Å²) >= 11 is 0. The Morgan fingerprint density at radius 1 is 1.67 bits per heavy atom. The van der Waals surface area contributed by atoms with E-state index in [4.69, 9.17) is 15.4 Å². The van der Waals surface area contributed by atoms with Crippen LogP contribution in [-0.4, -0.2) is 17.7 Å². The fourth-order valence-electron chi connectivity index (χ4n) is 1.05. The van der Waals surface area contributed by atoms with E-state index in [1.807, 2.05) is 0 Å². The molecule has 0 aromatic heterocycles. The summed E-state index contributed by atoms with van der Waals surface area (Å²) in [6.45, 7) is 2.20. The molecule has 1 N–H and O–H groups in total. The highest BCUT2D eigenvalue weighted by atomic mass is 16.5. The predicted molar refractivity (Wildman–Crippen MR) is 53.4 cm³/mol. The van der Waals surface area contributed by atoms with Gasteiger partial charge in [-0.25, -0.2) is 4.79 Å². The fourth-order valence-corrected chi connectivity index (χ4v) is 1.05. The van der Waals surface area contributed by atoms with Crippen LogP contribution in [0.25, 0.3) is 10.4 Å². The first kappa shape index (κ1) is 10.9. The highest BCUT2D eigenvalue weighted by molar-refractivity contribution is 5.89. The van der Waals surface area contributed by atoms with Gasteiger partial charge in [0.25, 0.3) is 0 Å². The Morgan fingerprint density at radius 3 is 2.93 bits per heavy atom. The molecule has 0 unspecified atom stereocenters. The molecule has 78 valence electrons. The number of hydrogen-bond acceptors (Lipinski definition) is 3. The molecule has 6 heteroatoms. The molecule has 0 aliphatic heterocycles. The zero-order valence-corrected chi connectivity index (χ0v) is 8.04. The SMILES string of the molecule is CCOc1ccc(C(=O)O)cc1N=[N+]=[N-]. The van der Waals surface area contributed by atoms with Crippen LogP contribution < -0.4 is 4.74 Å². The molecule has 0 atom stereocenters. The number of benzene rings is 1. The number of rotatable bonds is 4. The van der Waals surface area contributed by atoms with Gasteiger partial charge >= 0.3 is 5.97 Å². The minimum absolute atomic E-state index is 0.0563. The maximum atomic E-state index is 10.7. The lowest BCUT2D eigenvalue weighted by Crippen LogP contribution is -1.97. The summed E-state index contributed by atoms with van der Waals surface area (Å²) < 4.78 is 5.17. The van der Waals surface area contributed by atoms with Crippen LogP contribution in [0.1, 0.15) is 17.3 Å². The van der Waals surface area contributed by atoms with Crippen molar-refractivity contribution in [2.75, 3.05) is 6.61 Å². The van der Waals surface area contributed by atoms with Crippen LogP contribution in [0.3, 0.4) is 0 Å². The Kier molecular flexibility index (Phi) is 3.54. The highest BCUT2D eigenvalue weighted by Gasteiger charge is 2.07. The summed E-state index contributed by atoms with van der Waals surface area (Å²) in [5.41, 5.74) is 8.53. The lowest BCUT2D eigenvalue weighted by Gasteiger charge is -2.06. The molecular weight excluding hydrogens is 198 g/mol. The first-order valence-electron chi connectivity index (χ1n) is 4.24. The predicted octanol–water partition coefficient (Wildman–Crippen LogP) is 2.73. The Bertz CT molecular complexity index is 425.